The van der Waals surface area contributed by atoms with Crippen LogP contribution in [0, 0.1) is 15.9 Å². The van der Waals surface area contributed by atoms with Crippen LogP contribution in [0.15, 0.2) is 82.8 Å². The first-order valence-corrected chi connectivity index (χ1v) is 12.1. The zero-order valence-corrected chi connectivity index (χ0v) is 20.6. The number of amides is 1. The van der Waals surface area contributed by atoms with Crippen LogP contribution in [-0.4, -0.2) is 27.0 Å². The quantitative estimate of drug-likeness (QED) is 0.285. The number of hydrogen-bond acceptors (Lipinski definition) is 7. The minimum Gasteiger partial charge on any atom is -0.394 e. The van der Waals surface area contributed by atoms with E-state index in [2.05, 4.69) is 4.99 Å². The van der Waals surface area contributed by atoms with Crippen molar-refractivity contribution in [3.63, 3.8) is 0 Å². The zero-order valence-electron chi connectivity index (χ0n) is 19.1. The number of ketones is 2. The van der Waals surface area contributed by atoms with E-state index in [-0.39, 0.29) is 37.9 Å². The molecule has 38 heavy (non-hydrogen) atoms. The first-order valence-electron chi connectivity index (χ1n) is 10.9. The second-order valence-electron chi connectivity index (χ2n) is 8.05. The summed E-state index contributed by atoms with van der Waals surface area (Å²) < 4.78 is 14.9. The van der Waals surface area contributed by atoms with Crippen molar-refractivity contribution < 1.29 is 23.7 Å². The lowest BCUT2D eigenvalue weighted by Gasteiger charge is -2.20. The lowest BCUT2D eigenvalue weighted by molar-refractivity contribution is -0.384. The van der Waals surface area contributed by atoms with Crippen LogP contribution in [0.4, 0.5) is 10.1 Å². The number of nitrogens with zero attached hydrogens (tertiary/aromatic N) is 3. The number of benzene rings is 3. The molecule has 1 heterocycles. The molecule has 1 aliphatic carbocycles. The fraction of sp³-hybridized carbons (Fsp3) is 0. The number of nitrogens with two attached hydrogens (primary N) is 1. The van der Waals surface area contributed by atoms with Crippen molar-refractivity contribution in [1.82, 2.24) is 4.57 Å². The van der Waals surface area contributed by atoms with Crippen LogP contribution < -0.4 is 10.5 Å². The summed E-state index contributed by atoms with van der Waals surface area (Å²) in [5, 5.41) is 12.7. The van der Waals surface area contributed by atoms with Crippen molar-refractivity contribution in [3.8, 4) is 11.3 Å². The second-order valence-corrected chi connectivity index (χ2v) is 9.30. The smallest absolute Gasteiger partial charge is 0.288 e. The van der Waals surface area contributed by atoms with Gasteiger partial charge in [0.25, 0.3) is 11.6 Å². The molecule has 1 aromatic heterocycles. The maximum absolute atomic E-state index is 13.6. The third-order valence-corrected chi connectivity index (χ3v) is 6.94. The Morgan fingerprint density at radius 2 is 1.68 bits per heavy atom. The predicted octanol–water partition coefficient (Wildman–Crippen LogP) is 4.86. The molecule has 2 N–H and O–H groups in total. The first-order chi connectivity index (χ1) is 18.2. The van der Waals surface area contributed by atoms with E-state index >= 15 is 0 Å². The maximum atomic E-state index is 13.6. The molecule has 0 radical (unpaired) electrons. The van der Waals surface area contributed by atoms with Gasteiger partial charge in [0.2, 0.25) is 11.6 Å². The van der Waals surface area contributed by atoms with Gasteiger partial charge >= 0.3 is 0 Å². The Kier molecular flexibility index (Phi) is 6.31. The van der Waals surface area contributed by atoms with Crippen molar-refractivity contribution in [2.45, 2.75) is 0 Å². The number of carbonyl (C=O) groups excluding carboxylic acids is 3. The summed E-state index contributed by atoms with van der Waals surface area (Å²) in [4.78, 5) is 54.3. The first kappa shape index (κ1) is 24.9. The summed E-state index contributed by atoms with van der Waals surface area (Å²) in [5.41, 5.74) is 6.05. The Morgan fingerprint density at radius 3 is 2.34 bits per heavy atom. The molecule has 0 aliphatic heterocycles. The third kappa shape index (κ3) is 4.23. The van der Waals surface area contributed by atoms with Crippen molar-refractivity contribution in [3.05, 3.63) is 120 Å². The van der Waals surface area contributed by atoms with Crippen molar-refractivity contribution >= 4 is 51.8 Å². The molecule has 1 aliphatic rings. The van der Waals surface area contributed by atoms with Crippen LogP contribution in [-0.2, 0) is 0 Å². The van der Waals surface area contributed by atoms with Crippen molar-refractivity contribution in [2.24, 2.45) is 10.7 Å². The summed E-state index contributed by atoms with van der Waals surface area (Å²) in [6.45, 7) is 0. The summed E-state index contributed by atoms with van der Waals surface area (Å²) in [5.74, 6) is -2.50. The normalized spacial score (nSPS) is 13.6. The molecule has 0 bridgehead atoms. The number of thiazole rings is 1. The topological polar surface area (TPSA) is 138 Å². The Labute approximate surface area is 222 Å². The van der Waals surface area contributed by atoms with E-state index in [1.807, 2.05) is 0 Å². The maximum Gasteiger partial charge on any atom is 0.288 e. The highest BCUT2D eigenvalue weighted by Gasteiger charge is 2.33. The van der Waals surface area contributed by atoms with E-state index in [1.54, 1.807) is 17.5 Å². The van der Waals surface area contributed by atoms with Gasteiger partial charge in [-0.25, -0.2) is 4.39 Å². The van der Waals surface area contributed by atoms with Crippen LogP contribution >= 0.6 is 22.9 Å². The monoisotopic (exact) mass is 548 g/mol. The van der Waals surface area contributed by atoms with Crippen LogP contribution in [0.1, 0.15) is 31.1 Å². The summed E-state index contributed by atoms with van der Waals surface area (Å²) in [7, 11) is 0. The van der Waals surface area contributed by atoms with Gasteiger partial charge in [-0.15, -0.1) is 11.3 Å². The Hall–Kier alpha value is -4.74. The van der Waals surface area contributed by atoms with E-state index in [4.69, 9.17) is 17.3 Å². The lowest BCUT2D eigenvalue weighted by Crippen LogP contribution is -2.32. The molecule has 0 saturated heterocycles. The van der Waals surface area contributed by atoms with E-state index in [0.29, 0.717) is 11.3 Å². The molecule has 4 aromatic rings. The standard InChI is InChI=1S/C26H14ClFN4O5S/c27-18-10-7-14(11-19(18)32(36)37)25(35)30-26-31(20(12-38-26)13-5-8-15(28)9-6-13)22-21(29)23(33)16-3-1-2-4-17(16)24(22)34/h1-12H,29H2. The molecule has 0 spiro atoms. The number of fused-ring (bicyclic) bond motifs is 1. The number of hydrogen-bond donors (Lipinski definition) is 1. The van der Waals surface area contributed by atoms with Crippen LogP contribution in [0.3, 0.4) is 0 Å². The largest absolute Gasteiger partial charge is 0.394 e. The van der Waals surface area contributed by atoms with Gasteiger partial charge in [-0.3, -0.25) is 29.1 Å². The molecular weight excluding hydrogens is 535 g/mol. The molecular formula is C26H14ClFN4O5S. The van der Waals surface area contributed by atoms with Crippen LogP contribution in [0.5, 0.6) is 0 Å². The zero-order chi connectivity index (χ0) is 27.1. The number of rotatable bonds is 4. The van der Waals surface area contributed by atoms with Gasteiger partial charge in [-0.05, 0) is 42.0 Å². The number of nitro benzene ring substituents is 1. The number of Topliss-reactive ketones (excluding diaryl/α,β-unsaturated/α-hetero) is 2. The molecule has 188 valence electrons. The van der Waals surface area contributed by atoms with Gasteiger partial charge < -0.3 is 5.73 Å². The highest BCUT2D eigenvalue weighted by atomic mass is 35.5. The average molecular weight is 549 g/mol. The minimum absolute atomic E-state index is 0.0367. The third-order valence-electron chi connectivity index (χ3n) is 5.79. The van der Waals surface area contributed by atoms with Crippen LogP contribution in [0.25, 0.3) is 17.0 Å². The Morgan fingerprint density at radius 1 is 1.03 bits per heavy atom. The molecule has 0 unspecified atom stereocenters. The molecule has 5 rings (SSSR count). The molecule has 9 nitrogen and oxygen atoms in total. The summed E-state index contributed by atoms with van der Waals surface area (Å²) in [6, 6.07) is 15.0. The molecule has 1 amide bonds. The highest BCUT2D eigenvalue weighted by Crippen LogP contribution is 2.31. The lowest BCUT2D eigenvalue weighted by atomic mass is 9.90. The predicted molar refractivity (Wildman–Crippen MR) is 138 cm³/mol. The Bertz CT molecular complexity index is 1790. The Balaban J connectivity index is 1.75. The number of halogens is 2. The van der Waals surface area contributed by atoms with E-state index in [0.717, 1.165) is 17.4 Å². The molecule has 0 atom stereocenters. The van der Waals surface area contributed by atoms with Gasteiger partial charge in [-0.1, -0.05) is 35.9 Å². The fourth-order valence-electron chi connectivity index (χ4n) is 3.97. The van der Waals surface area contributed by atoms with Gasteiger partial charge in [0.15, 0.2) is 4.80 Å². The van der Waals surface area contributed by atoms with E-state index < -0.39 is 33.9 Å². The van der Waals surface area contributed by atoms with E-state index in [9.17, 15) is 28.9 Å². The van der Waals surface area contributed by atoms with Crippen LogP contribution in [0.2, 0.25) is 5.02 Å². The molecule has 3 aromatic carbocycles. The van der Waals surface area contributed by atoms with Gasteiger partial charge in [-0.2, -0.15) is 4.99 Å². The molecule has 0 saturated carbocycles. The SMILES string of the molecule is NC1=C(n2c(-c3ccc(F)cc3)csc2=NC(=O)c2ccc(Cl)c([N+](=O)[O-])c2)C(=O)c2ccccc2C1=O. The van der Waals surface area contributed by atoms with Gasteiger partial charge in [0.1, 0.15) is 22.2 Å². The molecule has 0 fully saturated rings. The van der Waals surface area contributed by atoms with Crippen molar-refractivity contribution in [1.29, 1.82) is 0 Å². The highest BCUT2D eigenvalue weighted by molar-refractivity contribution is 7.07. The minimum atomic E-state index is -0.861. The van der Waals surface area contributed by atoms with Gasteiger partial charge in [0.05, 0.1) is 10.6 Å². The average Bonchev–Trinajstić information content (AvgIpc) is 3.30. The molecule has 12 heteroatoms. The summed E-state index contributed by atoms with van der Waals surface area (Å²) in [6.07, 6.45) is 0. The number of carbonyl (C=O) groups is 3. The van der Waals surface area contributed by atoms with Gasteiger partial charge in [0, 0.05) is 28.1 Å². The van der Waals surface area contributed by atoms with Crippen molar-refractivity contribution in [2.75, 3.05) is 0 Å². The number of allylic oxidation sites excluding steroid dienone is 2. The fourth-order valence-corrected chi connectivity index (χ4v) is 5.04. The summed E-state index contributed by atoms with van der Waals surface area (Å²) >= 11 is 6.81. The number of aromatic nitrogens is 1. The second kappa shape index (κ2) is 9.61. The van der Waals surface area contributed by atoms with E-state index in [1.165, 1.54) is 53.1 Å². The number of nitro groups is 1.